The van der Waals surface area contributed by atoms with Gasteiger partial charge < -0.3 is 9.72 Å². The Labute approximate surface area is 122 Å². The molecule has 0 radical (unpaired) electrons. The molecule has 4 nitrogen and oxygen atoms in total. The van der Waals surface area contributed by atoms with Gasteiger partial charge in [-0.3, -0.25) is 4.98 Å². The minimum Gasteiger partial charge on any atom is -0.461 e. The number of rotatable bonds is 3. The maximum Gasteiger partial charge on any atom is 0.355 e. The number of carbonyl (C=O) groups is 1. The zero-order valence-electron chi connectivity index (χ0n) is 12.0. The number of fused-ring (bicyclic) bond motifs is 1. The summed E-state index contributed by atoms with van der Waals surface area (Å²) in [7, 11) is 0. The Balaban J connectivity index is 2.24. The lowest BCUT2D eigenvalue weighted by Crippen LogP contribution is -2.06. The molecule has 0 bridgehead atoms. The van der Waals surface area contributed by atoms with Crippen molar-refractivity contribution in [1.29, 1.82) is 0 Å². The summed E-state index contributed by atoms with van der Waals surface area (Å²) in [5, 5.41) is 0. The van der Waals surface area contributed by atoms with Crippen LogP contribution in [0.2, 0.25) is 0 Å². The molecule has 21 heavy (non-hydrogen) atoms. The highest BCUT2D eigenvalue weighted by molar-refractivity contribution is 6.06. The molecule has 3 aromatic rings. The van der Waals surface area contributed by atoms with Gasteiger partial charge in [-0.15, -0.1) is 0 Å². The Morgan fingerprint density at radius 1 is 1.24 bits per heavy atom. The van der Waals surface area contributed by atoms with E-state index in [2.05, 4.69) is 9.97 Å². The number of aromatic nitrogens is 2. The molecule has 1 N–H and O–H groups in total. The van der Waals surface area contributed by atoms with Gasteiger partial charge in [-0.25, -0.2) is 4.79 Å². The van der Waals surface area contributed by atoms with Gasteiger partial charge in [0.25, 0.3) is 0 Å². The fourth-order valence-electron chi connectivity index (χ4n) is 2.38. The van der Waals surface area contributed by atoms with E-state index in [1.165, 1.54) is 5.56 Å². The number of ether oxygens (including phenoxy) is 1. The van der Waals surface area contributed by atoms with E-state index in [0.29, 0.717) is 12.3 Å². The Kier molecular flexibility index (Phi) is 3.44. The summed E-state index contributed by atoms with van der Waals surface area (Å²) in [6.07, 6.45) is 1.72. The smallest absolute Gasteiger partial charge is 0.355 e. The highest BCUT2D eigenvalue weighted by Crippen LogP contribution is 2.31. The number of esters is 1. The predicted octanol–water partition coefficient (Wildman–Crippen LogP) is 3.72. The largest absolute Gasteiger partial charge is 0.461 e. The van der Waals surface area contributed by atoms with Crippen LogP contribution in [0, 0.1) is 6.92 Å². The average Bonchev–Trinajstić information content (AvgIpc) is 2.88. The number of hydrogen-bond donors (Lipinski definition) is 1. The van der Waals surface area contributed by atoms with Gasteiger partial charge in [-0.05, 0) is 31.5 Å². The first-order valence-corrected chi connectivity index (χ1v) is 6.91. The molecule has 0 fully saturated rings. The second-order valence-corrected chi connectivity index (χ2v) is 4.86. The molecule has 1 aromatic carbocycles. The van der Waals surface area contributed by atoms with Crippen LogP contribution in [-0.2, 0) is 4.74 Å². The first-order valence-electron chi connectivity index (χ1n) is 6.91. The number of hydrogen-bond acceptors (Lipinski definition) is 3. The molecule has 0 aliphatic rings. The van der Waals surface area contributed by atoms with Gasteiger partial charge in [0.15, 0.2) is 0 Å². The van der Waals surface area contributed by atoms with Crippen molar-refractivity contribution in [3.8, 4) is 11.1 Å². The van der Waals surface area contributed by atoms with E-state index in [-0.39, 0.29) is 5.97 Å². The van der Waals surface area contributed by atoms with Gasteiger partial charge >= 0.3 is 5.97 Å². The van der Waals surface area contributed by atoms with Crippen LogP contribution in [0.1, 0.15) is 23.0 Å². The molecule has 0 atom stereocenters. The van der Waals surface area contributed by atoms with Crippen molar-refractivity contribution in [2.45, 2.75) is 13.8 Å². The molecule has 2 heterocycles. The normalized spacial score (nSPS) is 10.8. The molecule has 0 saturated heterocycles. The van der Waals surface area contributed by atoms with Gasteiger partial charge in [0, 0.05) is 11.8 Å². The molecule has 2 aromatic heterocycles. The number of carbonyl (C=O) groups excluding carboxylic acids is 1. The van der Waals surface area contributed by atoms with Crippen LogP contribution < -0.4 is 0 Å². The summed E-state index contributed by atoms with van der Waals surface area (Å²) in [5.74, 6) is -0.355. The second-order valence-electron chi connectivity index (χ2n) is 4.86. The summed E-state index contributed by atoms with van der Waals surface area (Å²) in [6, 6.07) is 11.8. The van der Waals surface area contributed by atoms with Crippen LogP contribution in [0.4, 0.5) is 0 Å². The molecule has 3 rings (SSSR count). The third kappa shape index (κ3) is 2.40. The molecule has 0 spiro atoms. The lowest BCUT2D eigenvalue weighted by molar-refractivity contribution is 0.0521. The molecule has 0 aliphatic heterocycles. The molecule has 0 unspecified atom stereocenters. The lowest BCUT2D eigenvalue weighted by Gasteiger charge is -2.05. The first kappa shape index (κ1) is 13.4. The zero-order valence-corrected chi connectivity index (χ0v) is 12.0. The molecule has 0 amide bonds. The van der Waals surface area contributed by atoms with Crippen molar-refractivity contribution >= 4 is 17.0 Å². The van der Waals surface area contributed by atoms with Crippen LogP contribution in [0.15, 0.2) is 42.6 Å². The Bertz CT molecular complexity index is 788. The van der Waals surface area contributed by atoms with E-state index >= 15 is 0 Å². The van der Waals surface area contributed by atoms with Crippen LogP contribution in [-0.4, -0.2) is 22.5 Å². The van der Waals surface area contributed by atoms with Gasteiger partial charge in [0.1, 0.15) is 5.69 Å². The van der Waals surface area contributed by atoms with Crippen LogP contribution >= 0.6 is 0 Å². The fourth-order valence-corrected chi connectivity index (χ4v) is 2.38. The van der Waals surface area contributed by atoms with Crippen LogP contribution in [0.3, 0.4) is 0 Å². The summed E-state index contributed by atoms with van der Waals surface area (Å²) in [5.41, 5.74) is 4.98. The van der Waals surface area contributed by atoms with Crippen LogP contribution in [0.25, 0.3) is 22.2 Å². The predicted molar refractivity (Wildman–Crippen MR) is 82.2 cm³/mol. The molecular weight excluding hydrogens is 264 g/mol. The van der Waals surface area contributed by atoms with Gasteiger partial charge in [-0.2, -0.15) is 0 Å². The quantitative estimate of drug-likeness (QED) is 0.744. The van der Waals surface area contributed by atoms with Crippen molar-refractivity contribution in [3.05, 3.63) is 53.9 Å². The van der Waals surface area contributed by atoms with Crippen molar-refractivity contribution in [2.24, 2.45) is 0 Å². The number of benzene rings is 1. The maximum atomic E-state index is 12.2. The maximum absolute atomic E-state index is 12.2. The van der Waals surface area contributed by atoms with Gasteiger partial charge in [-0.1, -0.05) is 29.8 Å². The lowest BCUT2D eigenvalue weighted by atomic mass is 10.0. The Morgan fingerprint density at radius 2 is 2.00 bits per heavy atom. The Morgan fingerprint density at radius 3 is 2.71 bits per heavy atom. The molecule has 0 aliphatic carbocycles. The fraction of sp³-hybridized carbons (Fsp3) is 0.176. The SMILES string of the molecule is CCOC(=O)c1[nH]c2cccnc2c1-c1ccc(C)cc1. The highest BCUT2D eigenvalue weighted by atomic mass is 16.5. The molecule has 0 saturated carbocycles. The summed E-state index contributed by atoms with van der Waals surface area (Å²) in [6.45, 7) is 4.17. The average molecular weight is 280 g/mol. The first-order chi connectivity index (χ1) is 10.2. The molecular formula is C17H16N2O2. The van der Waals surface area contributed by atoms with E-state index < -0.39 is 0 Å². The number of aromatic amines is 1. The van der Waals surface area contributed by atoms with Crippen molar-refractivity contribution in [1.82, 2.24) is 9.97 Å². The third-order valence-corrected chi connectivity index (χ3v) is 3.37. The number of H-pyrrole nitrogens is 1. The number of nitrogens with zero attached hydrogens (tertiary/aromatic N) is 1. The van der Waals surface area contributed by atoms with Crippen molar-refractivity contribution in [3.63, 3.8) is 0 Å². The topological polar surface area (TPSA) is 55.0 Å². The van der Waals surface area contributed by atoms with E-state index in [0.717, 1.165) is 22.2 Å². The monoisotopic (exact) mass is 280 g/mol. The van der Waals surface area contributed by atoms with Gasteiger partial charge in [0.2, 0.25) is 0 Å². The third-order valence-electron chi connectivity index (χ3n) is 3.37. The van der Waals surface area contributed by atoms with Crippen molar-refractivity contribution in [2.75, 3.05) is 6.61 Å². The standard InChI is InChI=1S/C17H16N2O2/c1-3-21-17(20)16-14(12-8-6-11(2)7-9-12)15-13(19-16)5-4-10-18-15/h4-10,19H,3H2,1-2H3. The van der Waals surface area contributed by atoms with E-state index in [4.69, 9.17) is 4.74 Å². The molecule has 106 valence electrons. The highest BCUT2D eigenvalue weighted by Gasteiger charge is 2.20. The van der Waals surface area contributed by atoms with E-state index in [1.807, 2.05) is 43.3 Å². The summed E-state index contributed by atoms with van der Waals surface area (Å²) in [4.78, 5) is 19.7. The zero-order chi connectivity index (χ0) is 14.8. The van der Waals surface area contributed by atoms with Gasteiger partial charge in [0.05, 0.1) is 17.6 Å². The number of aryl methyl sites for hydroxylation is 1. The molecule has 4 heteroatoms. The minimum atomic E-state index is -0.355. The van der Waals surface area contributed by atoms with Crippen LogP contribution in [0.5, 0.6) is 0 Å². The Hall–Kier alpha value is -2.62. The summed E-state index contributed by atoms with van der Waals surface area (Å²) < 4.78 is 5.15. The number of nitrogens with one attached hydrogen (secondary N) is 1. The summed E-state index contributed by atoms with van der Waals surface area (Å²) >= 11 is 0. The van der Waals surface area contributed by atoms with E-state index in [1.54, 1.807) is 13.1 Å². The second kappa shape index (κ2) is 5.40. The minimum absolute atomic E-state index is 0.342. The van der Waals surface area contributed by atoms with E-state index in [9.17, 15) is 4.79 Å². The van der Waals surface area contributed by atoms with Crippen molar-refractivity contribution < 1.29 is 9.53 Å². The number of pyridine rings is 1.